The van der Waals surface area contributed by atoms with Crippen molar-refractivity contribution in [2.75, 3.05) is 13.2 Å². The highest BCUT2D eigenvalue weighted by Gasteiger charge is 2.24. The van der Waals surface area contributed by atoms with Crippen LogP contribution in [0.4, 0.5) is 0 Å². The lowest BCUT2D eigenvalue weighted by molar-refractivity contribution is 0.142. The fourth-order valence-corrected chi connectivity index (χ4v) is 2.49. The summed E-state index contributed by atoms with van der Waals surface area (Å²) in [5.41, 5.74) is 8.93. The Morgan fingerprint density at radius 1 is 1.10 bits per heavy atom. The van der Waals surface area contributed by atoms with Gasteiger partial charge in [-0.2, -0.15) is 0 Å². The second-order valence-corrected chi connectivity index (χ2v) is 5.17. The summed E-state index contributed by atoms with van der Waals surface area (Å²) in [4.78, 5) is 0. The third-order valence-corrected chi connectivity index (χ3v) is 3.68. The van der Waals surface area contributed by atoms with Crippen LogP contribution in [-0.2, 0) is 0 Å². The van der Waals surface area contributed by atoms with Crippen LogP contribution in [0.2, 0.25) is 0 Å². The molecule has 0 spiro atoms. The Bertz CT molecular complexity index is 566. The largest absolute Gasteiger partial charge is 0.493 e. The molecule has 2 rings (SSSR count). The minimum absolute atomic E-state index is 0.146. The highest BCUT2D eigenvalue weighted by atomic mass is 16.5. The lowest BCUT2D eigenvalue weighted by atomic mass is 9.88. The summed E-state index contributed by atoms with van der Waals surface area (Å²) in [5.74, 6) is 0.574. The summed E-state index contributed by atoms with van der Waals surface area (Å²) in [6, 6.07) is 15.7. The lowest BCUT2D eigenvalue weighted by Gasteiger charge is -2.24. The molecule has 0 heterocycles. The number of aliphatic hydroxyl groups is 1. The maximum atomic E-state index is 10.8. The van der Waals surface area contributed by atoms with Crippen LogP contribution in [0.1, 0.15) is 35.6 Å². The van der Waals surface area contributed by atoms with Crippen molar-refractivity contribution in [1.29, 1.82) is 0 Å². The standard InChI is InChI=1S/C18H23NO2/c1-3-21-17-7-5-4-6-15(17)18(20)16(12-19)14-10-8-13(2)9-11-14/h4-11,16,18,20H,3,12,19H2,1-2H3. The van der Waals surface area contributed by atoms with Crippen molar-refractivity contribution in [1.82, 2.24) is 0 Å². The van der Waals surface area contributed by atoms with Gasteiger partial charge in [-0.05, 0) is 25.5 Å². The molecule has 0 saturated carbocycles. The predicted octanol–water partition coefficient (Wildman–Crippen LogP) is 3.17. The molecule has 3 heteroatoms. The molecule has 21 heavy (non-hydrogen) atoms. The van der Waals surface area contributed by atoms with Gasteiger partial charge in [-0.3, -0.25) is 0 Å². The normalized spacial score (nSPS) is 13.7. The first-order valence-corrected chi connectivity index (χ1v) is 7.33. The van der Waals surface area contributed by atoms with Crippen molar-refractivity contribution >= 4 is 0 Å². The predicted molar refractivity (Wildman–Crippen MR) is 85.5 cm³/mol. The first kappa shape index (κ1) is 15.5. The average Bonchev–Trinajstić information content (AvgIpc) is 2.50. The highest BCUT2D eigenvalue weighted by molar-refractivity contribution is 5.38. The van der Waals surface area contributed by atoms with Gasteiger partial charge >= 0.3 is 0 Å². The van der Waals surface area contributed by atoms with E-state index in [0.717, 1.165) is 16.9 Å². The fraction of sp³-hybridized carbons (Fsp3) is 0.333. The van der Waals surface area contributed by atoms with E-state index in [9.17, 15) is 5.11 Å². The van der Waals surface area contributed by atoms with Crippen molar-refractivity contribution in [2.24, 2.45) is 5.73 Å². The number of aliphatic hydroxyl groups excluding tert-OH is 1. The average molecular weight is 285 g/mol. The van der Waals surface area contributed by atoms with E-state index in [1.54, 1.807) is 0 Å². The number of aryl methyl sites for hydroxylation is 1. The van der Waals surface area contributed by atoms with E-state index in [1.807, 2.05) is 62.4 Å². The number of benzene rings is 2. The van der Waals surface area contributed by atoms with Crippen LogP contribution < -0.4 is 10.5 Å². The number of hydrogen-bond acceptors (Lipinski definition) is 3. The molecule has 0 fully saturated rings. The molecule has 0 amide bonds. The van der Waals surface area contributed by atoms with Crippen LogP contribution in [0.3, 0.4) is 0 Å². The highest BCUT2D eigenvalue weighted by Crippen LogP contribution is 2.35. The molecule has 0 radical (unpaired) electrons. The van der Waals surface area contributed by atoms with Gasteiger partial charge in [0.15, 0.2) is 0 Å². The zero-order chi connectivity index (χ0) is 15.2. The smallest absolute Gasteiger partial charge is 0.125 e. The Hall–Kier alpha value is -1.84. The second kappa shape index (κ2) is 7.25. The molecule has 0 aliphatic heterocycles. The van der Waals surface area contributed by atoms with Crippen LogP contribution in [-0.4, -0.2) is 18.3 Å². The van der Waals surface area contributed by atoms with Gasteiger partial charge in [-0.1, -0.05) is 48.0 Å². The third kappa shape index (κ3) is 3.63. The van der Waals surface area contributed by atoms with E-state index in [0.29, 0.717) is 13.2 Å². The lowest BCUT2D eigenvalue weighted by Crippen LogP contribution is -2.20. The summed E-state index contributed by atoms with van der Waals surface area (Å²) in [6.45, 7) is 4.93. The molecule has 0 aliphatic carbocycles. The van der Waals surface area contributed by atoms with E-state index >= 15 is 0 Å². The maximum absolute atomic E-state index is 10.8. The van der Waals surface area contributed by atoms with Gasteiger partial charge in [0, 0.05) is 18.0 Å². The van der Waals surface area contributed by atoms with Gasteiger partial charge in [0.05, 0.1) is 12.7 Å². The summed E-state index contributed by atoms with van der Waals surface area (Å²) >= 11 is 0. The fourth-order valence-electron chi connectivity index (χ4n) is 2.49. The molecule has 112 valence electrons. The van der Waals surface area contributed by atoms with Gasteiger partial charge in [-0.25, -0.2) is 0 Å². The molecule has 2 atom stereocenters. The van der Waals surface area contributed by atoms with Gasteiger partial charge in [0.2, 0.25) is 0 Å². The first-order valence-electron chi connectivity index (χ1n) is 7.33. The van der Waals surface area contributed by atoms with Gasteiger partial charge < -0.3 is 15.6 Å². The number of ether oxygens (including phenoxy) is 1. The Balaban J connectivity index is 2.32. The molecule has 0 aromatic heterocycles. The van der Waals surface area contributed by atoms with Crippen molar-refractivity contribution in [3.8, 4) is 5.75 Å². The van der Waals surface area contributed by atoms with Crippen molar-refractivity contribution in [2.45, 2.75) is 25.9 Å². The van der Waals surface area contributed by atoms with Crippen molar-refractivity contribution in [3.05, 3.63) is 65.2 Å². The van der Waals surface area contributed by atoms with E-state index in [4.69, 9.17) is 10.5 Å². The third-order valence-electron chi connectivity index (χ3n) is 3.68. The monoisotopic (exact) mass is 285 g/mol. The van der Waals surface area contributed by atoms with Crippen LogP contribution in [0.5, 0.6) is 5.75 Å². The Morgan fingerprint density at radius 2 is 1.76 bits per heavy atom. The molecule has 0 aliphatic rings. The number of hydrogen-bond donors (Lipinski definition) is 2. The Labute approximate surface area is 126 Å². The summed E-state index contributed by atoms with van der Waals surface area (Å²) < 4.78 is 5.61. The molecular formula is C18H23NO2. The molecular weight excluding hydrogens is 262 g/mol. The SMILES string of the molecule is CCOc1ccccc1C(O)C(CN)c1ccc(C)cc1. The Morgan fingerprint density at radius 3 is 2.38 bits per heavy atom. The van der Waals surface area contributed by atoms with E-state index in [1.165, 1.54) is 5.56 Å². The molecule has 2 unspecified atom stereocenters. The molecule has 2 aromatic rings. The van der Waals surface area contributed by atoms with Gasteiger partial charge in [-0.15, -0.1) is 0 Å². The molecule has 2 aromatic carbocycles. The van der Waals surface area contributed by atoms with E-state index in [-0.39, 0.29) is 5.92 Å². The maximum Gasteiger partial charge on any atom is 0.125 e. The molecule has 3 nitrogen and oxygen atoms in total. The summed E-state index contributed by atoms with van der Waals surface area (Å²) in [7, 11) is 0. The number of nitrogens with two attached hydrogens (primary N) is 1. The second-order valence-electron chi connectivity index (χ2n) is 5.17. The summed E-state index contributed by atoms with van der Waals surface area (Å²) in [6.07, 6.45) is -0.680. The quantitative estimate of drug-likeness (QED) is 0.857. The molecule has 3 N–H and O–H groups in total. The van der Waals surface area contributed by atoms with Gasteiger partial charge in [0.25, 0.3) is 0 Å². The molecule has 0 bridgehead atoms. The minimum atomic E-state index is -0.680. The first-order chi connectivity index (χ1) is 10.2. The topological polar surface area (TPSA) is 55.5 Å². The van der Waals surface area contributed by atoms with Crippen LogP contribution in [0.15, 0.2) is 48.5 Å². The van der Waals surface area contributed by atoms with E-state index in [2.05, 4.69) is 0 Å². The van der Waals surface area contributed by atoms with Crippen molar-refractivity contribution < 1.29 is 9.84 Å². The summed E-state index contributed by atoms with van der Waals surface area (Å²) in [5, 5.41) is 10.8. The number of para-hydroxylation sites is 1. The number of rotatable bonds is 6. The zero-order valence-corrected chi connectivity index (χ0v) is 12.6. The van der Waals surface area contributed by atoms with Gasteiger partial charge in [0.1, 0.15) is 5.75 Å². The van der Waals surface area contributed by atoms with Crippen LogP contribution in [0, 0.1) is 6.92 Å². The molecule has 0 saturated heterocycles. The van der Waals surface area contributed by atoms with E-state index < -0.39 is 6.10 Å². The van der Waals surface area contributed by atoms with Crippen LogP contribution in [0.25, 0.3) is 0 Å². The van der Waals surface area contributed by atoms with Crippen molar-refractivity contribution in [3.63, 3.8) is 0 Å². The minimum Gasteiger partial charge on any atom is -0.493 e. The Kier molecular flexibility index (Phi) is 5.37. The zero-order valence-electron chi connectivity index (χ0n) is 12.6. The van der Waals surface area contributed by atoms with Crippen LogP contribution >= 0.6 is 0 Å².